The molecule has 0 aliphatic carbocycles. The molecule has 3 aromatic rings. The quantitative estimate of drug-likeness (QED) is 0.230. The van der Waals surface area contributed by atoms with E-state index in [4.69, 9.17) is 19.7 Å². The number of anilines is 1. The van der Waals surface area contributed by atoms with Crippen LogP contribution in [0.2, 0.25) is 0 Å². The van der Waals surface area contributed by atoms with Crippen LogP contribution in [0, 0.1) is 0 Å². The van der Waals surface area contributed by atoms with Gasteiger partial charge < -0.3 is 24.5 Å². The van der Waals surface area contributed by atoms with E-state index in [0.29, 0.717) is 37.4 Å². The van der Waals surface area contributed by atoms with Gasteiger partial charge in [0.25, 0.3) is 0 Å². The molecule has 1 atom stereocenters. The third kappa shape index (κ3) is 9.92. The summed E-state index contributed by atoms with van der Waals surface area (Å²) in [6.07, 6.45) is 4.26. The van der Waals surface area contributed by atoms with E-state index in [1.165, 1.54) is 6.33 Å². The van der Waals surface area contributed by atoms with Gasteiger partial charge in [-0.15, -0.1) is 0 Å². The van der Waals surface area contributed by atoms with Crippen molar-refractivity contribution >= 4 is 25.3 Å². The second kappa shape index (κ2) is 15.8. The van der Waals surface area contributed by atoms with Gasteiger partial charge in [-0.25, -0.2) is 19.6 Å². The van der Waals surface area contributed by atoms with E-state index >= 15 is 0 Å². The van der Waals surface area contributed by atoms with Gasteiger partial charge in [0.1, 0.15) is 24.7 Å². The van der Waals surface area contributed by atoms with E-state index in [9.17, 15) is 13.8 Å². The topological polar surface area (TPSA) is 143 Å². The first-order valence-electron chi connectivity index (χ1n) is 10.3. The molecule has 0 saturated heterocycles. The van der Waals surface area contributed by atoms with Crippen molar-refractivity contribution in [3.8, 4) is 5.75 Å². The number of para-hydroxylation sites is 1. The number of alkyl halides is 1. The summed E-state index contributed by atoms with van der Waals surface area (Å²) in [5.74, 6) is 0.716. The summed E-state index contributed by atoms with van der Waals surface area (Å²) in [6.45, 7) is 4.15. The average Bonchev–Trinajstić information content (AvgIpc) is 3.27. The molecular weight excluding hydrogens is 466 g/mol. The molecule has 2 aromatic heterocycles. The van der Waals surface area contributed by atoms with Crippen LogP contribution >= 0.6 is 7.52 Å². The molecule has 0 amide bonds. The van der Waals surface area contributed by atoms with Crippen LogP contribution in [0.4, 0.5) is 10.2 Å². The molecule has 11 nitrogen and oxygen atoms in total. The molecule has 3 rings (SSSR count). The number of nitrogens with one attached hydrogen (secondary N) is 1. The summed E-state index contributed by atoms with van der Waals surface area (Å²) >= 11 is 0. The van der Waals surface area contributed by atoms with Gasteiger partial charge in [-0.2, -0.15) is 5.10 Å². The number of aromatic nitrogens is 4. The highest BCUT2D eigenvalue weighted by atomic mass is 31.2. The number of imidazole rings is 1. The van der Waals surface area contributed by atoms with Crippen molar-refractivity contribution in [1.29, 1.82) is 0 Å². The standard InChI is InChI=1S/C16H19N6O4P.C4H10O.CH3F/c17-15-16-18-10-13(22(16)20-11-19-15)6-9-25-12-27(24,21-7-8-23)26-14-4-2-1-3-5-14;1-4(2)5-3;1-2/h1-5,8,10-11H,6-7,9,12H2,(H,21,24)(H2,17,19,20);4H,1-3H3;1H3. The molecule has 13 heteroatoms. The van der Waals surface area contributed by atoms with Gasteiger partial charge in [-0.1, -0.05) is 18.2 Å². The van der Waals surface area contributed by atoms with Gasteiger partial charge in [0.05, 0.1) is 38.3 Å². The monoisotopic (exact) mass is 498 g/mol. The Labute approximate surface area is 198 Å². The maximum absolute atomic E-state index is 12.9. The van der Waals surface area contributed by atoms with Gasteiger partial charge in [0.15, 0.2) is 11.5 Å². The number of rotatable bonds is 11. The van der Waals surface area contributed by atoms with Crippen LogP contribution in [0.25, 0.3) is 5.65 Å². The minimum atomic E-state index is -3.39. The minimum absolute atomic E-state index is 0.100. The van der Waals surface area contributed by atoms with E-state index in [0.717, 1.165) is 5.69 Å². The summed E-state index contributed by atoms with van der Waals surface area (Å²) in [6, 6.07) is 8.70. The lowest BCUT2D eigenvalue weighted by Crippen LogP contribution is -2.20. The van der Waals surface area contributed by atoms with Crippen LogP contribution in [-0.2, 0) is 25.3 Å². The maximum Gasteiger partial charge on any atom is 0.342 e. The van der Waals surface area contributed by atoms with E-state index in [1.54, 1.807) is 42.1 Å². The molecule has 1 unspecified atom stereocenters. The zero-order valence-corrected chi connectivity index (χ0v) is 20.7. The second-order valence-corrected chi connectivity index (χ2v) is 8.91. The number of methoxy groups -OCH3 is 1. The number of aldehydes is 1. The second-order valence-electron chi connectivity index (χ2n) is 6.81. The van der Waals surface area contributed by atoms with Crippen molar-refractivity contribution in [2.24, 2.45) is 0 Å². The first kappa shape index (κ1) is 29.1. The fourth-order valence-corrected chi connectivity index (χ4v) is 3.74. The number of nitrogen functional groups attached to an aromatic ring is 1. The Kier molecular flexibility index (Phi) is 13.6. The van der Waals surface area contributed by atoms with Crippen LogP contribution in [0.1, 0.15) is 19.5 Å². The zero-order valence-electron chi connectivity index (χ0n) is 19.8. The molecule has 0 fully saturated rings. The number of nitrogens with zero attached hydrogens (tertiary/aromatic N) is 4. The normalized spacial score (nSPS) is 12.2. The SMILES string of the molecule is CF.COC(C)C.Nc1ncnn2c(CCOCP(=O)(NCC=O)Oc3ccccc3)cnc12. The molecule has 0 spiro atoms. The van der Waals surface area contributed by atoms with E-state index in [-0.39, 0.29) is 25.3 Å². The maximum atomic E-state index is 12.9. The first-order chi connectivity index (χ1) is 16.4. The Morgan fingerprint density at radius 1 is 1.24 bits per heavy atom. The van der Waals surface area contributed by atoms with E-state index in [1.807, 2.05) is 19.9 Å². The van der Waals surface area contributed by atoms with E-state index in [2.05, 4.69) is 20.2 Å². The summed E-state index contributed by atoms with van der Waals surface area (Å²) in [5.41, 5.74) is 6.99. The Morgan fingerprint density at radius 3 is 2.53 bits per heavy atom. The number of nitrogens with two attached hydrogens (primary N) is 1. The molecule has 2 heterocycles. The lowest BCUT2D eigenvalue weighted by molar-refractivity contribution is -0.106. The third-order valence-electron chi connectivity index (χ3n) is 4.05. The molecule has 0 saturated carbocycles. The van der Waals surface area contributed by atoms with Gasteiger partial charge in [0.2, 0.25) is 0 Å². The molecular formula is C21H32FN6O5P. The number of carbonyl (C=O) groups is 1. The van der Waals surface area contributed by atoms with Crippen molar-refractivity contribution in [1.82, 2.24) is 24.7 Å². The number of ether oxygens (including phenoxy) is 2. The van der Waals surface area contributed by atoms with Gasteiger partial charge >= 0.3 is 7.52 Å². The molecule has 1 aromatic carbocycles. The lowest BCUT2D eigenvalue weighted by Gasteiger charge is -2.19. The van der Waals surface area contributed by atoms with Crippen LogP contribution in [0.3, 0.4) is 0 Å². The van der Waals surface area contributed by atoms with Gasteiger partial charge in [-0.3, -0.25) is 8.96 Å². The van der Waals surface area contributed by atoms with Crippen LogP contribution < -0.4 is 15.3 Å². The predicted octanol–water partition coefficient (Wildman–Crippen LogP) is 2.91. The average molecular weight is 498 g/mol. The number of benzene rings is 1. The minimum Gasteiger partial charge on any atom is -0.431 e. The fraction of sp³-hybridized carbons (Fsp3) is 0.429. The number of carbonyl (C=O) groups excluding carboxylic acids is 1. The summed E-state index contributed by atoms with van der Waals surface area (Å²) in [5, 5.41) is 6.71. The highest BCUT2D eigenvalue weighted by Gasteiger charge is 2.24. The Balaban J connectivity index is 0.000000733. The Bertz CT molecular complexity index is 1020. The van der Waals surface area contributed by atoms with Crippen LogP contribution in [0.15, 0.2) is 42.9 Å². The predicted molar refractivity (Wildman–Crippen MR) is 128 cm³/mol. The number of hydrogen-bond acceptors (Lipinski definition) is 9. The summed E-state index contributed by atoms with van der Waals surface area (Å²) in [4.78, 5) is 18.7. The van der Waals surface area contributed by atoms with Gasteiger partial charge in [-0.05, 0) is 26.0 Å². The van der Waals surface area contributed by atoms with Crippen LogP contribution in [0.5, 0.6) is 5.75 Å². The molecule has 34 heavy (non-hydrogen) atoms. The first-order valence-corrected chi connectivity index (χ1v) is 12.1. The molecule has 0 radical (unpaired) electrons. The summed E-state index contributed by atoms with van der Waals surface area (Å²) in [7, 11) is -1.19. The fourth-order valence-electron chi connectivity index (χ4n) is 2.35. The van der Waals surface area contributed by atoms with Crippen molar-refractivity contribution in [3.63, 3.8) is 0 Å². The molecule has 3 N–H and O–H groups in total. The smallest absolute Gasteiger partial charge is 0.342 e. The van der Waals surface area contributed by atoms with Crippen molar-refractivity contribution in [2.45, 2.75) is 26.4 Å². The van der Waals surface area contributed by atoms with Crippen molar-refractivity contribution in [3.05, 3.63) is 48.5 Å². The number of fused-ring (bicyclic) bond motifs is 1. The lowest BCUT2D eigenvalue weighted by atomic mass is 10.3. The largest absolute Gasteiger partial charge is 0.431 e. The van der Waals surface area contributed by atoms with Crippen molar-refractivity contribution < 1.29 is 27.7 Å². The van der Waals surface area contributed by atoms with E-state index < -0.39 is 7.52 Å². The number of hydrogen-bond donors (Lipinski definition) is 2. The molecule has 0 aliphatic heterocycles. The molecule has 188 valence electrons. The number of halogens is 1. The van der Waals surface area contributed by atoms with Gasteiger partial charge in [0, 0.05) is 13.5 Å². The third-order valence-corrected chi connectivity index (χ3v) is 5.74. The Morgan fingerprint density at radius 2 is 1.91 bits per heavy atom. The Hall–Kier alpha value is -2.92. The van der Waals surface area contributed by atoms with Crippen LogP contribution in [-0.4, -0.2) is 65.8 Å². The highest BCUT2D eigenvalue weighted by molar-refractivity contribution is 7.57. The molecule has 0 aliphatic rings. The highest BCUT2D eigenvalue weighted by Crippen LogP contribution is 2.42. The molecule has 0 bridgehead atoms. The summed E-state index contributed by atoms with van der Waals surface area (Å²) < 4.78 is 39.8. The van der Waals surface area contributed by atoms with Crippen molar-refractivity contribution in [2.75, 3.05) is 39.5 Å². The zero-order chi connectivity index (χ0) is 25.4.